The smallest absolute Gasteiger partial charge is 0.119 e. The summed E-state index contributed by atoms with van der Waals surface area (Å²) in [6, 6.07) is 8.43. The van der Waals surface area contributed by atoms with E-state index in [2.05, 4.69) is 45.0 Å². The standard InChI is InChI=1S/C25H43NO2/c1-20(2)6-4-7-21(3)15-17-28-24-12-10-22(11-13-24)14-16-25(26,19-27)18-23-8-5-9-23/h10-13,20-21,23,27H,4-9,14-19,26H2,1-3H3/t21?,25-/m0/s1. The molecule has 3 heteroatoms. The van der Waals surface area contributed by atoms with Gasteiger partial charge in [-0.2, -0.15) is 0 Å². The monoisotopic (exact) mass is 389 g/mol. The average Bonchev–Trinajstić information content (AvgIpc) is 2.64. The summed E-state index contributed by atoms with van der Waals surface area (Å²) in [5.41, 5.74) is 7.30. The minimum absolute atomic E-state index is 0.0834. The molecule has 3 nitrogen and oxygen atoms in total. The van der Waals surface area contributed by atoms with Crippen molar-refractivity contribution in [3.63, 3.8) is 0 Å². The lowest BCUT2D eigenvalue weighted by atomic mass is 9.75. The lowest BCUT2D eigenvalue weighted by Gasteiger charge is -2.35. The summed E-state index contributed by atoms with van der Waals surface area (Å²) in [6.45, 7) is 7.79. The summed E-state index contributed by atoms with van der Waals surface area (Å²) in [4.78, 5) is 0. The molecule has 1 fully saturated rings. The quantitative estimate of drug-likeness (QED) is 0.427. The van der Waals surface area contributed by atoms with E-state index >= 15 is 0 Å². The fraction of sp³-hybridized carbons (Fsp3) is 0.760. The van der Waals surface area contributed by atoms with Crippen molar-refractivity contribution in [1.82, 2.24) is 0 Å². The van der Waals surface area contributed by atoms with Crippen LogP contribution in [-0.2, 0) is 6.42 Å². The van der Waals surface area contributed by atoms with Crippen LogP contribution >= 0.6 is 0 Å². The van der Waals surface area contributed by atoms with Crippen LogP contribution in [0.2, 0.25) is 0 Å². The molecule has 2 rings (SSSR count). The Kier molecular flexibility index (Phi) is 9.81. The van der Waals surface area contributed by atoms with Gasteiger partial charge in [-0.1, -0.05) is 71.4 Å². The van der Waals surface area contributed by atoms with E-state index in [9.17, 15) is 5.11 Å². The highest BCUT2D eigenvalue weighted by molar-refractivity contribution is 5.27. The summed E-state index contributed by atoms with van der Waals surface area (Å²) >= 11 is 0. The second-order valence-corrected chi connectivity index (χ2v) is 9.73. The lowest BCUT2D eigenvalue weighted by molar-refractivity contribution is 0.135. The molecule has 28 heavy (non-hydrogen) atoms. The van der Waals surface area contributed by atoms with Crippen LogP contribution in [0.3, 0.4) is 0 Å². The third-order valence-electron chi connectivity index (χ3n) is 6.43. The summed E-state index contributed by atoms with van der Waals surface area (Å²) in [7, 11) is 0. The predicted octanol–water partition coefficient (Wildman–Crippen LogP) is 5.73. The zero-order valence-electron chi connectivity index (χ0n) is 18.5. The summed E-state index contributed by atoms with van der Waals surface area (Å²) < 4.78 is 5.94. The van der Waals surface area contributed by atoms with Gasteiger partial charge in [0.2, 0.25) is 0 Å². The first-order valence-corrected chi connectivity index (χ1v) is 11.5. The van der Waals surface area contributed by atoms with Crippen molar-refractivity contribution in [2.75, 3.05) is 13.2 Å². The van der Waals surface area contributed by atoms with Gasteiger partial charge < -0.3 is 15.6 Å². The zero-order valence-corrected chi connectivity index (χ0v) is 18.5. The van der Waals surface area contributed by atoms with Crippen molar-refractivity contribution in [2.45, 2.75) is 90.5 Å². The Labute approximate surface area is 173 Å². The Bertz CT molecular complexity index is 538. The van der Waals surface area contributed by atoms with Gasteiger partial charge >= 0.3 is 0 Å². The molecule has 3 N–H and O–H groups in total. The minimum atomic E-state index is -0.425. The van der Waals surface area contributed by atoms with Crippen LogP contribution in [-0.4, -0.2) is 23.9 Å². The fourth-order valence-corrected chi connectivity index (χ4v) is 4.06. The number of aliphatic hydroxyl groups excluding tert-OH is 1. The number of rotatable bonds is 14. The fourth-order valence-electron chi connectivity index (χ4n) is 4.06. The number of aryl methyl sites for hydroxylation is 1. The van der Waals surface area contributed by atoms with Crippen LogP contribution in [0, 0.1) is 17.8 Å². The molecule has 0 amide bonds. The van der Waals surface area contributed by atoms with Gasteiger partial charge in [-0.3, -0.25) is 0 Å². The average molecular weight is 390 g/mol. The first-order chi connectivity index (χ1) is 13.4. The van der Waals surface area contributed by atoms with E-state index in [1.165, 1.54) is 44.1 Å². The number of benzene rings is 1. The van der Waals surface area contributed by atoms with E-state index in [1.54, 1.807) is 0 Å². The molecule has 1 aliphatic carbocycles. The maximum Gasteiger partial charge on any atom is 0.119 e. The Balaban J connectivity index is 1.66. The van der Waals surface area contributed by atoms with E-state index in [0.717, 1.165) is 55.8 Å². The highest BCUT2D eigenvalue weighted by Gasteiger charge is 2.30. The molecule has 0 radical (unpaired) electrons. The van der Waals surface area contributed by atoms with Gasteiger partial charge in [-0.15, -0.1) is 0 Å². The molecule has 1 aromatic rings. The normalized spacial score (nSPS) is 17.9. The molecule has 2 atom stereocenters. The largest absolute Gasteiger partial charge is 0.494 e. The molecule has 1 aliphatic rings. The molecular weight excluding hydrogens is 346 g/mol. The van der Waals surface area contributed by atoms with Crippen LogP contribution in [0.25, 0.3) is 0 Å². The van der Waals surface area contributed by atoms with Crippen molar-refractivity contribution in [1.29, 1.82) is 0 Å². The van der Waals surface area contributed by atoms with Gasteiger partial charge in [0.15, 0.2) is 0 Å². The second kappa shape index (κ2) is 11.8. The van der Waals surface area contributed by atoms with E-state index < -0.39 is 5.54 Å². The Morgan fingerprint density at radius 3 is 2.39 bits per heavy atom. The Hall–Kier alpha value is -1.06. The van der Waals surface area contributed by atoms with Crippen molar-refractivity contribution < 1.29 is 9.84 Å². The SMILES string of the molecule is CC(C)CCCC(C)CCOc1ccc(CC[C@@](N)(CO)CC2CCC2)cc1. The van der Waals surface area contributed by atoms with Gasteiger partial charge in [-0.25, -0.2) is 0 Å². The van der Waals surface area contributed by atoms with Crippen molar-refractivity contribution in [2.24, 2.45) is 23.5 Å². The predicted molar refractivity (Wildman–Crippen MR) is 119 cm³/mol. The van der Waals surface area contributed by atoms with Gasteiger partial charge in [0.05, 0.1) is 13.2 Å². The molecule has 0 bridgehead atoms. The highest BCUT2D eigenvalue weighted by Crippen LogP contribution is 2.34. The van der Waals surface area contributed by atoms with Crippen LogP contribution in [0.4, 0.5) is 0 Å². The second-order valence-electron chi connectivity index (χ2n) is 9.73. The molecule has 1 unspecified atom stereocenters. The zero-order chi connectivity index (χ0) is 20.4. The first kappa shape index (κ1) is 23.2. The lowest BCUT2D eigenvalue weighted by Crippen LogP contribution is -2.46. The maximum absolute atomic E-state index is 9.75. The van der Waals surface area contributed by atoms with Crippen LogP contribution < -0.4 is 10.5 Å². The molecule has 0 heterocycles. The molecular formula is C25H43NO2. The van der Waals surface area contributed by atoms with Crippen LogP contribution in [0.5, 0.6) is 5.75 Å². The van der Waals surface area contributed by atoms with Crippen molar-refractivity contribution in [3.05, 3.63) is 29.8 Å². The molecule has 0 saturated heterocycles. The van der Waals surface area contributed by atoms with Crippen molar-refractivity contribution in [3.8, 4) is 5.75 Å². The van der Waals surface area contributed by atoms with E-state index in [-0.39, 0.29) is 6.61 Å². The van der Waals surface area contributed by atoms with E-state index in [1.807, 2.05) is 0 Å². The molecule has 0 aliphatic heterocycles. The van der Waals surface area contributed by atoms with Gasteiger partial charge in [0.25, 0.3) is 0 Å². The van der Waals surface area contributed by atoms with Gasteiger partial charge in [0.1, 0.15) is 5.75 Å². The highest BCUT2D eigenvalue weighted by atomic mass is 16.5. The van der Waals surface area contributed by atoms with E-state index in [4.69, 9.17) is 10.5 Å². The van der Waals surface area contributed by atoms with Crippen molar-refractivity contribution >= 4 is 0 Å². The first-order valence-electron chi connectivity index (χ1n) is 11.5. The minimum Gasteiger partial charge on any atom is -0.494 e. The molecule has 1 aromatic carbocycles. The van der Waals surface area contributed by atoms with Gasteiger partial charge in [0, 0.05) is 5.54 Å². The molecule has 1 saturated carbocycles. The molecule has 0 aromatic heterocycles. The number of nitrogens with two attached hydrogens (primary N) is 1. The van der Waals surface area contributed by atoms with E-state index in [0.29, 0.717) is 0 Å². The van der Waals surface area contributed by atoms with Gasteiger partial charge in [-0.05, 0) is 61.1 Å². The van der Waals surface area contributed by atoms with Crippen LogP contribution in [0.15, 0.2) is 24.3 Å². The number of hydrogen-bond acceptors (Lipinski definition) is 3. The summed E-state index contributed by atoms with van der Waals surface area (Å²) in [5, 5.41) is 9.75. The third-order valence-corrected chi connectivity index (χ3v) is 6.43. The number of hydrogen-bond donors (Lipinski definition) is 2. The molecule has 160 valence electrons. The third kappa shape index (κ3) is 8.53. The molecule has 0 spiro atoms. The summed E-state index contributed by atoms with van der Waals surface area (Å²) in [6.07, 6.45) is 11.7. The summed E-state index contributed by atoms with van der Waals surface area (Å²) in [5.74, 6) is 3.21. The Morgan fingerprint density at radius 1 is 1.11 bits per heavy atom. The number of aliphatic hydroxyl groups is 1. The maximum atomic E-state index is 9.75. The number of ether oxygens (including phenoxy) is 1. The topological polar surface area (TPSA) is 55.5 Å². The van der Waals surface area contributed by atoms with Crippen LogP contribution in [0.1, 0.15) is 84.1 Å². The Morgan fingerprint density at radius 2 is 1.82 bits per heavy atom.